The number of aliphatic hydroxyl groups is 1. The van der Waals surface area contributed by atoms with Gasteiger partial charge in [0.1, 0.15) is 11.5 Å². The van der Waals surface area contributed by atoms with Gasteiger partial charge in [0.05, 0.1) is 24.6 Å². The van der Waals surface area contributed by atoms with Crippen molar-refractivity contribution in [3.05, 3.63) is 58.7 Å². The molecular formula is C35H43N3O8. The normalized spacial score (nSPS) is 27.8. The summed E-state index contributed by atoms with van der Waals surface area (Å²) in [5.74, 6) is -10.4. The second-order valence-corrected chi connectivity index (χ2v) is 13.8. The Kier molecular flexibility index (Phi) is 8.74. The van der Waals surface area contributed by atoms with E-state index in [4.69, 9.17) is 10.5 Å². The molecule has 0 aromatic heterocycles. The first-order valence-corrected chi connectivity index (χ1v) is 15.6. The number of carbonyl (C=O) groups excluding carboxylic acids is 5. The molecule has 0 aliphatic heterocycles. The van der Waals surface area contributed by atoms with Crippen LogP contribution in [0.1, 0.15) is 54.2 Å². The van der Waals surface area contributed by atoms with Crippen LogP contribution >= 0.6 is 0 Å². The number of hydrogen-bond acceptors (Lipinski definition) is 10. The van der Waals surface area contributed by atoms with Crippen molar-refractivity contribution in [1.82, 2.24) is 9.80 Å². The van der Waals surface area contributed by atoms with Crippen LogP contribution in [0.5, 0.6) is 11.5 Å². The van der Waals surface area contributed by atoms with E-state index >= 15 is 0 Å². The predicted octanol–water partition coefficient (Wildman–Crippen LogP) is 1.68. The SMILES string of the molecule is CCN(Cc1cc(O)c2c(c1OC)C[C@H]1C[C@H]3[C@H](N(C)C)C(=O)C(C(N)=O)C(=O)[C@@]3(O)C(=O)C1C2=O)CC(C)(C)c1ccccc1. The number of methoxy groups -OCH3 is 1. The maximum atomic E-state index is 14.1. The molecule has 2 unspecified atom stereocenters. The van der Waals surface area contributed by atoms with Crippen LogP contribution < -0.4 is 10.5 Å². The van der Waals surface area contributed by atoms with Crippen LogP contribution in [0.15, 0.2) is 36.4 Å². The van der Waals surface area contributed by atoms with Gasteiger partial charge >= 0.3 is 0 Å². The maximum Gasteiger partial charge on any atom is 0.235 e. The number of amides is 1. The van der Waals surface area contributed by atoms with E-state index in [2.05, 4.69) is 30.9 Å². The minimum Gasteiger partial charge on any atom is -0.507 e. The van der Waals surface area contributed by atoms with Crippen LogP contribution in [-0.4, -0.2) is 95.0 Å². The van der Waals surface area contributed by atoms with Crippen LogP contribution in [0.4, 0.5) is 0 Å². The lowest BCUT2D eigenvalue weighted by Gasteiger charge is -2.52. The average molecular weight is 634 g/mol. The number of carbonyl (C=O) groups is 5. The van der Waals surface area contributed by atoms with Gasteiger partial charge in [-0.05, 0) is 51.0 Å². The van der Waals surface area contributed by atoms with Crippen molar-refractivity contribution in [2.24, 2.45) is 29.4 Å². The first-order valence-electron chi connectivity index (χ1n) is 15.6. The number of hydrogen-bond donors (Lipinski definition) is 3. The van der Waals surface area contributed by atoms with Gasteiger partial charge in [-0.3, -0.25) is 33.8 Å². The summed E-state index contributed by atoms with van der Waals surface area (Å²) in [4.78, 5) is 70.8. The molecule has 5 rings (SSSR count). The number of aromatic hydroxyl groups is 1. The van der Waals surface area contributed by atoms with Gasteiger partial charge in [0, 0.05) is 35.5 Å². The summed E-state index contributed by atoms with van der Waals surface area (Å²) in [6.07, 6.45) is 0.114. The Balaban J connectivity index is 1.53. The smallest absolute Gasteiger partial charge is 0.235 e. The molecule has 2 aromatic carbocycles. The Morgan fingerprint density at radius 2 is 1.76 bits per heavy atom. The van der Waals surface area contributed by atoms with Crippen LogP contribution in [-0.2, 0) is 37.6 Å². The summed E-state index contributed by atoms with van der Waals surface area (Å²) in [7, 11) is 4.60. The van der Waals surface area contributed by atoms with Crippen molar-refractivity contribution < 1.29 is 38.9 Å². The minimum atomic E-state index is -2.76. The molecule has 3 aliphatic rings. The lowest BCUT2D eigenvalue weighted by molar-refractivity contribution is -0.181. The summed E-state index contributed by atoms with van der Waals surface area (Å²) in [6, 6.07) is 10.5. The van der Waals surface area contributed by atoms with Crippen molar-refractivity contribution in [1.29, 1.82) is 0 Å². The van der Waals surface area contributed by atoms with Gasteiger partial charge in [-0.1, -0.05) is 51.1 Å². The second-order valence-electron chi connectivity index (χ2n) is 13.8. The number of phenols is 1. The Hall–Kier alpha value is -3.93. The topological polar surface area (TPSA) is 168 Å². The van der Waals surface area contributed by atoms with Crippen molar-refractivity contribution in [2.75, 3.05) is 34.3 Å². The largest absolute Gasteiger partial charge is 0.507 e. The van der Waals surface area contributed by atoms with Gasteiger partial charge in [0.25, 0.3) is 0 Å². The summed E-state index contributed by atoms with van der Waals surface area (Å²) in [6.45, 7) is 8.20. The number of ether oxygens (including phenoxy) is 1. The van der Waals surface area contributed by atoms with E-state index in [1.807, 2.05) is 25.1 Å². The molecule has 0 bridgehead atoms. The zero-order chi connectivity index (χ0) is 33.9. The highest BCUT2D eigenvalue weighted by molar-refractivity contribution is 6.32. The first kappa shape index (κ1) is 33.4. The van der Waals surface area contributed by atoms with Crippen molar-refractivity contribution in [2.45, 2.75) is 57.2 Å². The Morgan fingerprint density at radius 1 is 1.11 bits per heavy atom. The van der Waals surface area contributed by atoms with Crippen LogP contribution in [0, 0.1) is 23.7 Å². The number of nitrogens with two attached hydrogens (primary N) is 1. The number of likely N-dealkylation sites (N-methyl/N-ethyl adjacent to an activating group) is 2. The molecule has 0 spiro atoms. The average Bonchev–Trinajstić information content (AvgIpc) is 2.98. The number of benzene rings is 2. The standard InChI is InChI=1S/C35H43N3O8/c1-7-38(17-34(2,3)20-11-9-8-10-12-20)16-19-15-23(39)25-21(30(19)46-6)13-18-14-22-27(37(4)5)29(41)26(33(36)44)32(43)35(22,45)31(42)24(18)28(25)40/h8-12,15,18,22,24,26-27,39,45H,7,13-14,16-17H2,1-6H3,(H2,36,44)/t18-,22-,24?,26?,27-,35-/m0/s1. The third kappa shape index (κ3) is 5.14. The molecule has 0 radical (unpaired) electrons. The fraction of sp³-hybridized carbons (Fsp3) is 0.514. The summed E-state index contributed by atoms with van der Waals surface area (Å²) < 4.78 is 5.88. The molecule has 3 aliphatic carbocycles. The Bertz CT molecular complexity index is 1600. The number of fused-ring (bicyclic) bond motifs is 3. The molecule has 2 saturated carbocycles. The molecule has 11 heteroatoms. The molecule has 0 saturated heterocycles. The lowest BCUT2D eigenvalue weighted by Crippen LogP contribution is -2.74. The van der Waals surface area contributed by atoms with Gasteiger partial charge in [-0.25, -0.2) is 0 Å². The summed E-state index contributed by atoms with van der Waals surface area (Å²) in [5.41, 5.74) is 4.67. The number of rotatable bonds is 9. The van der Waals surface area contributed by atoms with E-state index < -0.39 is 64.4 Å². The Morgan fingerprint density at radius 3 is 2.33 bits per heavy atom. The van der Waals surface area contributed by atoms with Gasteiger partial charge < -0.3 is 20.7 Å². The molecule has 4 N–H and O–H groups in total. The monoisotopic (exact) mass is 633 g/mol. The third-order valence-corrected chi connectivity index (χ3v) is 10.3. The molecule has 46 heavy (non-hydrogen) atoms. The molecule has 6 atom stereocenters. The van der Waals surface area contributed by atoms with E-state index in [0.29, 0.717) is 36.5 Å². The van der Waals surface area contributed by atoms with Crippen molar-refractivity contribution in [3.63, 3.8) is 0 Å². The van der Waals surface area contributed by atoms with E-state index in [9.17, 15) is 34.2 Å². The maximum absolute atomic E-state index is 14.1. The van der Waals surface area contributed by atoms with E-state index in [1.54, 1.807) is 14.1 Å². The molecule has 246 valence electrons. The number of Topliss-reactive ketones (excluding diaryl/α,β-unsaturated/α-hetero) is 4. The highest BCUT2D eigenvalue weighted by Crippen LogP contribution is 2.52. The van der Waals surface area contributed by atoms with E-state index in [-0.39, 0.29) is 29.6 Å². The van der Waals surface area contributed by atoms with Crippen molar-refractivity contribution >= 4 is 29.0 Å². The Labute approximate surface area is 268 Å². The van der Waals surface area contributed by atoms with Crippen LogP contribution in [0.3, 0.4) is 0 Å². The van der Waals surface area contributed by atoms with Crippen LogP contribution in [0.2, 0.25) is 0 Å². The number of nitrogens with zero attached hydrogens (tertiary/aromatic N) is 2. The fourth-order valence-electron chi connectivity index (χ4n) is 8.15. The molecule has 2 aromatic rings. The fourth-order valence-corrected chi connectivity index (χ4v) is 8.15. The zero-order valence-electron chi connectivity index (χ0n) is 27.2. The quantitative estimate of drug-likeness (QED) is 0.346. The van der Waals surface area contributed by atoms with Crippen molar-refractivity contribution in [3.8, 4) is 11.5 Å². The highest BCUT2D eigenvalue weighted by atomic mass is 16.5. The van der Waals surface area contributed by atoms with Gasteiger partial charge in [0.2, 0.25) is 5.91 Å². The molecule has 1 amide bonds. The lowest BCUT2D eigenvalue weighted by atomic mass is 9.52. The molecule has 11 nitrogen and oxygen atoms in total. The first-order chi connectivity index (χ1) is 21.6. The van der Waals surface area contributed by atoms with Gasteiger partial charge in [-0.2, -0.15) is 0 Å². The van der Waals surface area contributed by atoms with Gasteiger partial charge in [-0.15, -0.1) is 0 Å². The summed E-state index contributed by atoms with van der Waals surface area (Å²) >= 11 is 0. The third-order valence-electron chi connectivity index (χ3n) is 10.3. The molecule has 2 fully saturated rings. The second kappa shape index (κ2) is 12.0. The predicted molar refractivity (Wildman–Crippen MR) is 168 cm³/mol. The number of primary amides is 1. The van der Waals surface area contributed by atoms with Crippen LogP contribution in [0.25, 0.3) is 0 Å². The zero-order valence-corrected chi connectivity index (χ0v) is 27.2. The number of phenolic OH excluding ortho intramolecular Hbond substituents is 1. The summed E-state index contributed by atoms with van der Waals surface area (Å²) in [5, 5.41) is 23.0. The minimum absolute atomic E-state index is 0.0234. The highest BCUT2D eigenvalue weighted by Gasteiger charge is 2.69. The van der Waals surface area contributed by atoms with Gasteiger partial charge in [0.15, 0.2) is 34.7 Å². The van der Waals surface area contributed by atoms with E-state index in [0.717, 1.165) is 0 Å². The molecular weight excluding hydrogens is 590 g/mol. The molecule has 0 heterocycles. The number of ketones is 4. The van der Waals surface area contributed by atoms with E-state index in [1.165, 1.54) is 23.6 Å².